The van der Waals surface area contributed by atoms with Crippen LogP contribution in [-0.4, -0.2) is 29.9 Å². The molecule has 128 valence electrons. The van der Waals surface area contributed by atoms with Gasteiger partial charge in [-0.1, -0.05) is 38.1 Å². The van der Waals surface area contributed by atoms with E-state index in [4.69, 9.17) is 0 Å². The topological polar surface area (TPSA) is 32.3 Å². The monoisotopic (exact) mass is 336 g/mol. The van der Waals surface area contributed by atoms with E-state index in [-0.39, 0.29) is 18.3 Å². The standard InChI is InChI=1S/C19H28N2O.ClH/c1-14(2)16-7-5-15(6-8-16)13-21(18-9-10-18)19(22)17-4-3-11-20-12-17;/h5-8,14,17-18,20H,3-4,9-13H2,1-2H3;1H. The van der Waals surface area contributed by atoms with E-state index >= 15 is 0 Å². The van der Waals surface area contributed by atoms with Gasteiger partial charge in [0.1, 0.15) is 0 Å². The molecule has 3 nitrogen and oxygen atoms in total. The normalized spacial score (nSPS) is 20.9. The predicted molar refractivity (Wildman–Crippen MR) is 96.9 cm³/mol. The zero-order chi connectivity index (χ0) is 15.5. The van der Waals surface area contributed by atoms with Gasteiger partial charge in [-0.3, -0.25) is 4.79 Å². The van der Waals surface area contributed by atoms with Gasteiger partial charge in [0.25, 0.3) is 0 Å². The first-order valence-corrected chi connectivity index (χ1v) is 8.75. The van der Waals surface area contributed by atoms with Crippen LogP contribution >= 0.6 is 12.4 Å². The van der Waals surface area contributed by atoms with Crippen LogP contribution in [0.2, 0.25) is 0 Å². The van der Waals surface area contributed by atoms with Crippen molar-refractivity contribution in [1.29, 1.82) is 0 Å². The Morgan fingerprint density at radius 1 is 1.22 bits per heavy atom. The lowest BCUT2D eigenvalue weighted by atomic mass is 9.97. The summed E-state index contributed by atoms with van der Waals surface area (Å²) >= 11 is 0. The van der Waals surface area contributed by atoms with Crippen LogP contribution in [0.15, 0.2) is 24.3 Å². The lowest BCUT2D eigenvalue weighted by Crippen LogP contribution is -2.43. The number of hydrogen-bond acceptors (Lipinski definition) is 2. The lowest BCUT2D eigenvalue weighted by molar-refractivity contribution is -0.137. The van der Waals surface area contributed by atoms with Crippen molar-refractivity contribution in [1.82, 2.24) is 10.2 Å². The van der Waals surface area contributed by atoms with Gasteiger partial charge in [-0.25, -0.2) is 0 Å². The summed E-state index contributed by atoms with van der Waals surface area (Å²) in [5.74, 6) is 1.11. The smallest absolute Gasteiger partial charge is 0.227 e. The van der Waals surface area contributed by atoms with Gasteiger partial charge in [0.05, 0.1) is 5.92 Å². The SMILES string of the molecule is CC(C)c1ccc(CN(C(=O)C2CCCNC2)C2CC2)cc1.Cl. The van der Waals surface area contributed by atoms with Crippen molar-refractivity contribution < 1.29 is 4.79 Å². The minimum atomic E-state index is 0. The maximum absolute atomic E-state index is 12.8. The van der Waals surface area contributed by atoms with Gasteiger partial charge in [-0.15, -0.1) is 12.4 Å². The first-order valence-electron chi connectivity index (χ1n) is 8.75. The summed E-state index contributed by atoms with van der Waals surface area (Å²) < 4.78 is 0. The number of carbonyl (C=O) groups excluding carboxylic acids is 1. The zero-order valence-electron chi connectivity index (χ0n) is 14.3. The van der Waals surface area contributed by atoms with E-state index in [9.17, 15) is 4.79 Å². The first kappa shape index (κ1) is 18.3. The van der Waals surface area contributed by atoms with E-state index in [1.807, 2.05) is 0 Å². The van der Waals surface area contributed by atoms with Crippen LogP contribution in [0, 0.1) is 5.92 Å². The van der Waals surface area contributed by atoms with Crippen molar-refractivity contribution in [3.63, 3.8) is 0 Å². The Hall–Kier alpha value is -1.06. The summed E-state index contributed by atoms with van der Waals surface area (Å²) in [6.45, 7) is 7.12. The Labute approximate surface area is 146 Å². The molecule has 1 heterocycles. The molecule has 1 aliphatic carbocycles. The fourth-order valence-electron chi connectivity index (χ4n) is 3.27. The van der Waals surface area contributed by atoms with Gasteiger partial charge >= 0.3 is 0 Å². The van der Waals surface area contributed by atoms with Gasteiger partial charge in [-0.2, -0.15) is 0 Å². The van der Waals surface area contributed by atoms with Gasteiger partial charge in [0, 0.05) is 19.1 Å². The largest absolute Gasteiger partial charge is 0.335 e. The van der Waals surface area contributed by atoms with Crippen LogP contribution < -0.4 is 5.32 Å². The fourth-order valence-corrected chi connectivity index (χ4v) is 3.27. The lowest BCUT2D eigenvalue weighted by Gasteiger charge is -2.30. The molecule has 3 rings (SSSR count). The molecule has 1 aromatic carbocycles. The zero-order valence-corrected chi connectivity index (χ0v) is 15.1. The highest BCUT2D eigenvalue weighted by atomic mass is 35.5. The summed E-state index contributed by atoms with van der Waals surface area (Å²) in [6, 6.07) is 9.28. The highest BCUT2D eigenvalue weighted by Gasteiger charge is 2.36. The number of hydrogen-bond donors (Lipinski definition) is 1. The quantitative estimate of drug-likeness (QED) is 0.888. The average molecular weight is 337 g/mol. The van der Waals surface area contributed by atoms with Gasteiger partial charge < -0.3 is 10.2 Å². The van der Waals surface area contributed by atoms with Crippen molar-refractivity contribution in [3.8, 4) is 0 Å². The van der Waals surface area contributed by atoms with E-state index in [2.05, 4.69) is 48.3 Å². The second-order valence-corrected chi connectivity index (χ2v) is 7.14. The highest BCUT2D eigenvalue weighted by Crippen LogP contribution is 2.31. The number of benzene rings is 1. The molecule has 0 aromatic heterocycles. The van der Waals surface area contributed by atoms with E-state index in [0.717, 1.165) is 32.5 Å². The van der Waals surface area contributed by atoms with E-state index < -0.39 is 0 Å². The molecule has 23 heavy (non-hydrogen) atoms. The van der Waals surface area contributed by atoms with Crippen LogP contribution in [0.4, 0.5) is 0 Å². The summed E-state index contributed by atoms with van der Waals surface area (Å²) in [7, 11) is 0. The minimum Gasteiger partial charge on any atom is -0.335 e. The van der Waals surface area contributed by atoms with Crippen LogP contribution in [-0.2, 0) is 11.3 Å². The maximum Gasteiger partial charge on any atom is 0.227 e. The van der Waals surface area contributed by atoms with Crippen molar-refractivity contribution in [3.05, 3.63) is 35.4 Å². The molecule has 1 atom stereocenters. The van der Waals surface area contributed by atoms with Crippen LogP contribution in [0.25, 0.3) is 0 Å². The van der Waals surface area contributed by atoms with Crippen LogP contribution in [0.3, 0.4) is 0 Å². The Bertz CT molecular complexity index is 505. The number of nitrogens with one attached hydrogen (secondary N) is 1. The predicted octanol–water partition coefficient (Wildman–Crippen LogP) is 3.72. The molecule has 0 bridgehead atoms. The minimum absolute atomic E-state index is 0. The molecular formula is C19H29ClN2O. The first-order chi connectivity index (χ1) is 10.6. The van der Waals surface area contributed by atoms with E-state index in [0.29, 0.717) is 17.9 Å². The van der Waals surface area contributed by atoms with Crippen LogP contribution in [0.5, 0.6) is 0 Å². The molecule has 4 heteroatoms. The van der Waals surface area contributed by atoms with E-state index in [1.165, 1.54) is 24.0 Å². The van der Waals surface area contributed by atoms with Crippen molar-refractivity contribution >= 4 is 18.3 Å². The molecule has 1 amide bonds. The maximum atomic E-state index is 12.8. The van der Waals surface area contributed by atoms with E-state index in [1.54, 1.807) is 0 Å². The third kappa shape index (κ3) is 4.71. The Morgan fingerprint density at radius 2 is 1.91 bits per heavy atom. The number of amides is 1. The Morgan fingerprint density at radius 3 is 2.43 bits per heavy atom. The average Bonchev–Trinajstić information content (AvgIpc) is 3.38. The summed E-state index contributed by atoms with van der Waals surface area (Å²) in [5, 5.41) is 3.37. The molecule has 2 fully saturated rings. The second-order valence-electron chi connectivity index (χ2n) is 7.14. The molecule has 0 spiro atoms. The Balaban J connectivity index is 0.00000192. The van der Waals surface area contributed by atoms with Crippen LogP contribution in [0.1, 0.15) is 56.6 Å². The van der Waals surface area contributed by atoms with Gasteiger partial charge in [-0.05, 0) is 49.3 Å². The number of nitrogens with zero attached hydrogens (tertiary/aromatic N) is 1. The number of rotatable bonds is 5. The van der Waals surface area contributed by atoms with Crippen molar-refractivity contribution in [2.45, 2.75) is 58.0 Å². The highest BCUT2D eigenvalue weighted by molar-refractivity contribution is 5.85. The summed E-state index contributed by atoms with van der Waals surface area (Å²) in [4.78, 5) is 15.0. The van der Waals surface area contributed by atoms with Gasteiger partial charge in [0.2, 0.25) is 5.91 Å². The molecular weight excluding hydrogens is 308 g/mol. The third-order valence-electron chi connectivity index (χ3n) is 4.92. The molecule has 2 aliphatic rings. The molecule has 0 radical (unpaired) electrons. The fraction of sp³-hybridized carbons (Fsp3) is 0.632. The number of piperidine rings is 1. The molecule has 1 aromatic rings. The summed E-state index contributed by atoms with van der Waals surface area (Å²) in [6.07, 6.45) is 4.52. The molecule has 1 unspecified atom stereocenters. The number of halogens is 1. The third-order valence-corrected chi connectivity index (χ3v) is 4.92. The van der Waals surface area contributed by atoms with Crippen molar-refractivity contribution in [2.24, 2.45) is 5.92 Å². The molecule has 1 saturated carbocycles. The number of carbonyl (C=O) groups is 1. The second kappa shape index (κ2) is 8.16. The van der Waals surface area contributed by atoms with Crippen molar-refractivity contribution in [2.75, 3.05) is 13.1 Å². The van der Waals surface area contributed by atoms with Gasteiger partial charge in [0.15, 0.2) is 0 Å². The molecule has 1 N–H and O–H groups in total. The molecule has 1 aliphatic heterocycles. The Kier molecular flexibility index (Phi) is 6.49. The molecule has 1 saturated heterocycles. The summed E-state index contributed by atoms with van der Waals surface area (Å²) in [5.41, 5.74) is 2.62.